The lowest BCUT2D eigenvalue weighted by atomic mass is 9.94. The van der Waals surface area contributed by atoms with Crippen LogP contribution in [-0.2, 0) is 0 Å². The molecule has 0 saturated heterocycles. The van der Waals surface area contributed by atoms with Crippen LogP contribution in [0.2, 0.25) is 0 Å². The molecule has 0 radical (unpaired) electrons. The molecular formula is C17H30N2O. The van der Waals surface area contributed by atoms with Gasteiger partial charge in [0.1, 0.15) is 0 Å². The third kappa shape index (κ3) is 4.89. The van der Waals surface area contributed by atoms with Gasteiger partial charge in [0.05, 0.1) is 5.60 Å². The normalized spacial score (nSPS) is 15.4. The Kier molecular flexibility index (Phi) is 6.18. The molecule has 20 heavy (non-hydrogen) atoms. The lowest BCUT2D eigenvalue weighted by molar-refractivity contribution is 0.0174. The van der Waals surface area contributed by atoms with E-state index in [0.29, 0.717) is 6.54 Å². The van der Waals surface area contributed by atoms with E-state index in [0.717, 1.165) is 13.0 Å². The standard InChI is InChI=1S/C17H30N2O/c1-6-15(18)16(14-10-8-13(3)9-11-14)19(7-2)12-17(4,5)20/h8-11,15-16,20H,6-7,12,18H2,1-5H3. The van der Waals surface area contributed by atoms with E-state index in [-0.39, 0.29) is 12.1 Å². The molecule has 1 aromatic carbocycles. The van der Waals surface area contributed by atoms with Gasteiger partial charge in [-0.2, -0.15) is 0 Å². The molecule has 0 amide bonds. The maximum atomic E-state index is 10.1. The molecule has 1 aromatic rings. The SMILES string of the molecule is CCC(N)C(c1ccc(C)cc1)N(CC)CC(C)(C)O. The zero-order valence-electron chi connectivity index (χ0n) is 13.6. The summed E-state index contributed by atoms with van der Waals surface area (Å²) in [7, 11) is 0. The van der Waals surface area contributed by atoms with Crippen molar-refractivity contribution in [2.75, 3.05) is 13.1 Å². The van der Waals surface area contributed by atoms with Crippen molar-refractivity contribution in [3.63, 3.8) is 0 Å². The Morgan fingerprint density at radius 3 is 2.15 bits per heavy atom. The van der Waals surface area contributed by atoms with Gasteiger partial charge in [0.2, 0.25) is 0 Å². The number of hydrogen-bond donors (Lipinski definition) is 2. The van der Waals surface area contributed by atoms with E-state index in [9.17, 15) is 5.11 Å². The fraction of sp³-hybridized carbons (Fsp3) is 0.647. The first-order chi connectivity index (χ1) is 9.28. The highest BCUT2D eigenvalue weighted by atomic mass is 16.3. The summed E-state index contributed by atoms with van der Waals surface area (Å²) in [5.41, 5.74) is 8.13. The quantitative estimate of drug-likeness (QED) is 0.806. The average Bonchev–Trinajstić information content (AvgIpc) is 2.38. The highest BCUT2D eigenvalue weighted by Crippen LogP contribution is 2.26. The molecule has 0 saturated carbocycles. The Bertz CT molecular complexity index is 394. The van der Waals surface area contributed by atoms with Crippen molar-refractivity contribution in [3.05, 3.63) is 35.4 Å². The Labute approximate surface area is 123 Å². The first-order valence-electron chi connectivity index (χ1n) is 7.57. The summed E-state index contributed by atoms with van der Waals surface area (Å²) < 4.78 is 0. The molecule has 0 spiro atoms. The molecule has 0 aliphatic rings. The summed E-state index contributed by atoms with van der Waals surface area (Å²) in [6.45, 7) is 11.5. The number of benzene rings is 1. The molecule has 0 aliphatic carbocycles. The van der Waals surface area contributed by atoms with Gasteiger partial charge < -0.3 is 10.8 Å². The topological polar surface area (TPSA) is 49.5 Å². The van der Waals surface area contributed by atoms with E-state index >= 15 is 0 Å². The second-order valence-electron chi connectivity index (χ2n) is 6.30. The van der Waals surface area contributed by atoms with E-state index in [1.807, 2.05) is 13.8 Å². The molecule has 114 valence electrons. The van der Waals surface area contributed by atoms with Gasteiger partial charge in [-0.3, -0.25) is 4.90 Å². The zero-order valence-corrected chi connectivity index (χ0v) is 13.6. The van der Waals surface area contributed by atoms with Crippen molar-refractivity contribution >= 4 is 0 Å². The maximum absolute atomic E-state index is 10.1. The van der Waals surface area contributed by atoms with E-state index in [4.69, 9.17) is 5.73 Å². The molecule has 2 unspecified atom stereocenters. The van der Waals surface area contributed by atoms with Crippen LogP contribution >= 0.6 is 0 Å². The summed E-state index contributed by atoms with van der Waals surface area (Å²) in [5.74, 6) is 0. The molecule has 3 nitrogen and oxygen atoms in total. The molecule has 3 N–H and O–H groups in total. The zero-order chi connectivity index (χ0) is 15.3. The molecule has 0 fully saturated rings. The van der Waals surface area contributed by atoms with Crippen LogP contribution in [0, 0.1) is 6.92 Å². The van der Waals surface area contributed by atoms with Crippen molar-refractivity contribution in [2.45, 2.75) is 58.7 Å². The largest absolute Gasteiger partial charge is 0.389 e. The highest BCUT2D eigenvalue weighted by Gasteiger charge is 2.28. The number of likely N-dealkylation sites (N-methyl/N-ethyl adjacent to an activating group) is 1. The third-order valence-corrected chi connectivity index (χ3v) is 3.69. The predicted octanol–water partition coefficient (Wildman–Crippen LogP) is 2.87. The van der Waals surface area contributed by atoms with Gasteiger partial charge in [0.15, 0.2) is 0 Å². The number of aliphatic hydroxyl groups is 1. The summed E-state index contributed by atoms with van der Waals surface area (Å²) in [5, 5.41) is 10.1. The van der Waals surface area contributed by atoms with E-state index in [1.165, 1.54) is 11.1 Å². The number of nitrogens with zero attached hydrogens (tertiary/aromatic N) is 1. The lowest BCUT2D eigenvalue weighted by Gasteiger charge is -2.38. The number of aryl methyl sites for hydroxylation is 1. The van der Waals surface area contributed by atoms with Crippen molar-refractivity contribution in [1.29, 1.82) is 0 Å². The molecule has 0 aromatic heterocycles. The summed E-state index contributed by atoms with van der Waals surface area (Å²) in [4.78, 5) is 2.28. The Morgan fingerprint density at radius 1 is 1.20 bits per heavy atom. The number of nitrogens with two attached hydrogens (primary N) is 1. The first-order valence-corrected chi connectivity index (χ1v) is 7.57. The molecule has 3 heteroatoms. The monoisotopic (exact) mass is 278 g/mol. The van der Waals surface area contributed by atoms with E-state index in [1.54, 1.807) is 0 Å². The third-order valence-electron chi connectivity index (χ3n) is 3.69. The second kappa shape index (κ2) is 7.21. The Morgan fingerprint density at radius 2 is 1.75 bits per heavy atom. The van der Waals surface area contributed by atoms with Gasteiger partial charge in [0, 0.05) is 18.6 Å². The molecule has 0 bridgehead atoms. The van der Waals surface area contributed by atoms with Gasteiger partial charge in [-0.05, 0) is 39.3 Å². The molecule has 1 rings (SSSR count). The minimum Gasteiger partial charge on any atom is -0.389 e. The van der Waals surface area contributed by atoms with Crippen molar-refractivity contribution < 1.29 is 5.11 Å². The van der Waals surface area contributed by atoms with Crippen molar-refractivity contribution in [2.24, 2.45) is 5.73 Å². The van der Waals surface area contributed by atoms with Gasteiger partial charge in [-0.1, -0.05) is 43.7 Å². The molecule has 0 heterocycles. The molecule has 2 atom stereocenters. The van der Waals surface area contributed by atoms with Crippen LogP contribution in [0.1, 0.15) is 51.3 Å². The summed E-state index contributed by atoms with van der Waals surface area (Å²) >= 11 is 0. The second-order valence-corrected chi connectivity index (χ2v) is 6.30. The van der Waals surface area contributed by atoms with Crippen molar-refractivity contribution in [1.82, 2.24) is 4.90 Å². The molecule has 0 aliphatic heterocycles. The van der Waals surface area contributed by atoms with Gasteiger partial charge in [-0.25, -0.2) is 0 Å². The summed E-state index contributed by atoms with van der Waals surface area (Å²) in [6, 6.07) is 8.79. The highest BCUT2D eigenvalue weighted by molar-refractivity contribution is 5.25. The lowest BCUT2D eigenvalue weighted by Crippen LogP contribution is -2.46. The van der Waals surface area contributed by atoms with Crippen LogP contribution in [0.15, 0.2) is 24.3 Å². The minimum absolute atomic E-state index is 0.0695. The fourth-order valence-electron chi connectivity index (χ4n) is 2.62. The van der Waals surface area contributed by atoms with E-state index < -0.39 is 5.60 Å². The average molecular weight is 278 g/mol. The Balaban J connectivity index is 3.07. The Hall–Kier alpha value is -0.900. The van der Waals surface area contributed by atoms with Crippen LogP contribution in [0.5, 0.6) is 0 Å². The van der Waals surface area contributed by atoms with E-state index in [2.05, 4.69) is 49.9 Å². The maximum Gasteiger partial charge on any atom is 0.0718 e. The van der Waals surface area contributed by atoms with Crippen LogP contribution in [0.25, 0.3) is 0 Å². The minimum atomic E-state index is -0.716. The van der Waals surface area contributed by atoms with Gasteiger partial charge in [0.25, 0.3) is 0 Å². The van der Waals surface area contributed by atoms with Crippen LogP contribution in [0.3, 0.4) is 0 Å². The number of hydrogen-bond acceptors (Lipinski definition) is 3. The number of rotatable bonds is 7. The van der Waals surface area contributed by atoms with Crippen molar-refractivity contribution in [3.8, 4) is 0 Å². The smallest absolute Gasteiger partial charge is 0.0718 e. The fourth-order valence-corrected chi connectivity index (χ4v) is 2.62. The first kappa shape index (κ1) is 17.2. The van der Waals surface area contributed by atoms with Crippen LogP contribution in [-0.4, -0.2) is 34.7 Å². The van der Waals surface area contributed by atoms with Gasteiger partial charge in [-0.15, -0.1) is 0 Å². The van der Waals surface area contributed by atoms with Crippen LogP contribution in [0.4, 0.5) is 0 Å². The summed E-state index contributed by atoms with van der Waals surface area (Å²) in [6.07, 6.45) is 0.918. The predicted molar refractivity (Wildman–Crippen MR) is 85.7 cm³/mol. The van der Waals surface area contributed by atoms with Gasteiger partial charge >= 0.3 is 0 Å². The molecular weight excluding hydrogens is 248 g/mol. The van der Waals surface area contributed by atoms with Crippen LogP contribution < -0.4 is 5.73 Å².